The number of nitrogens with zero attached hydrogens (tertiary/aromatic N) is 1. The number of nitrogens with one attached hydrogen (secondary N) is 1. The molecule has 1 heterocycles. The summed E-state index contributed by atoms with van der Waals surface area (Å²) >= 11 is 12.0. The minimum Gasteiger partial charge on any atom is -0.399 e. The van der Waals surface area contributed by atoms with Crippen LogP contribution in [0.1, 0.15) is 28.8 Å². The van der Waals surface area contributed by atoms with Crippen molar-refractivity contribution in [3.8, 4) is 0 Å². The Morgan fingerprint density at radius 1 is 1.12 bits per heavy atom. The van der Waals surface area contributed by atoms with Crippen LogP contribution in [-0.2, 0) is 6.54 Å². The molecule has 1 aliphatic heterocycles. The van der Waals surface area contributed by atoms with Gasteiger partial charge in [0.2, 0.25) is 0 Å². The molecule has 0 atom stereocenters. The first kappa shape index (κ1) is 18.1. The Balaban J connectivity index is 1.50. The molecule has 0 bridgehead atoms. The minimum atomic E-state index is -0.0600. The Morgan fingerprint density at radius 3 is 2.56 bits per heavy atom. The first-order valence-corrected chi connectivity index (χ1v) is 9.09. The fourth-order valence-electron chi connectivity index (χ4n) is 3.08. The van der Waals surface area contributed by atoms with Crippen molar-refractivity contribution in [1.29, 1.82) is 0 Å². The summed E-state index contributed by atoms with van der Waals surface area (Å²) in [5.41, 5.74) is 8.10. The number of likely N-dealkylation sites (tertiary alicyclic amines) is 1. The van der Waals surface area contributed by atoms with Crippen LogP contribution >= 0.6 is 23.2 Å². The number of hydrogen-bond donors (Lipinski definition) is 2. The second-order valence-corrected chi connectivity index (χ2v) is 7.21. The van der Waals surface area contributed by atoms with Gasteiger partial charge in [-0.3, -0.25) is 9.69 Å². The molecule has 132 valence electrons. The summed E-state index contributed by atoms with van der Waals surface area (Å²) in [5.74, 6) is -0.0600. The van der Waals surface area contributed by atoms with E-state index in [2.05, 4.69) is 10.2 Å². The fourth-order valence-corrected chi connectivity index (χ4v) is 3.40. The molecule has 1 fully saturated rings. The number of piperidine rings is 1. The zero-order valence-electron chi connectivity index (χ0n) is 13.8. The van der Waals surface area contributed by atoms with Gasteiger partial charge < -0.3 is 11.1 Å². The van der Waals surface area contributed by atoms with Gasteiger partial charge in [-0.2, -0.15) is 0 Å². The molecular weight excluding hydrogens is 357 g/mol. The SMILES string of the molecule is Nc1cccc(C(=O)NC2CCN(Cc3ccc(Cl)c(Cl)c3)CC2)c1. The molecule has 0 saturated carbocycles. The number of benzene rings is 2. The number of rotatable bonds is 4. The summed E-state index contributed by atoms with van der Waals surface area (Å²) in [6, 6.07) is 13.0. The monoisotopic (exact) mass is 377 g/mol. The van der Waals surface area contributed by atoms with Crippen molar-refractivity contribution < 1.29 is 4.79 Å². The lowest BCUT2D eigenvalue weighted by Gasteiger charge is -2.32. The predicted molar refractivity (Wildman–Crippen MR) is 103 cm³/mol. The van der Waals surface area contributed by atoms with Gasteiger partial charge >= 0.3 is 0 Å². The fraction of sp³-hybridized carbons (Fsp3) is 0.316. The second-order valence-electron chi connectivity index (χ2n) is 6.40. The van der Waals surface area contributed by atoms with Crippen molar-refractivity contribution in [3.05, 3.63) is 63.6 Å². The predicted octanol–water partition coefficient (Wildman–Crippen LogP) is 3.97. The van der Waals surface area contributed by atoms with Gasteiger partial charge in [0, 0.05) is 36.9 Å². The first-order valence-electron chi connectivity index (χ1n) is 8.34. The second kappa shape index (κ2) is 8.09. The van der Waals surface area contributed by atoms with E-state index < -0.39 is 0 Å². The molecule has 6 heteroatoms. The molecule has 3 N–H and O–H groups in total. The zero-order valence-corrected chi connectivity index (χ0v) is 15.4. The lowest BCUT2D eigenvalue weighted by atomic mass is 10.0. The molecule has 3 rings (SSSR count). The molecular formula is C19H21Cl2N3O. The molecule has 2 aromatic carbocycles. The summed E-state index contributed by atoms with van der Waals surface area (Å²) < 4.78 is 0. The Hall–Kier alpha value is -1.75. The number of nitrogen functional groups attached to an aromatic ring is 1. The highest BCUT2D eigenvalue weighted by Crippen LogP contribution is 2.24. The molecule has 0 aromatic heterocycles. The maximum absolute atomic E-state index is 12.3. The summed E-state index contributed by atoms with van der Waals surface area (Å²) in [6.07, 6.45) is 1.85. The molecule has 0 radical (unpaired) electrons. The van der Waals surface area contributed by atoms with Crippen LogP contribution < -0.4 is 11.1 Å². The Morgan fingerprint density at radius 2 is 1.88 bits per heavy atom. The highest BCUT2D eigenvalue weighted by Gasteiger charge is 2.21. The van der Waals surface area contributed by atoms with Crippen LogP contribution in [0.15, 0.2) is 42.5 Å². The van der Waals surface area contributed by atoms with Crippen LogP contribution in [0.4, 0.5) is 5.69 Å². The number of carbonyl (C=O) groups excluding carboxylic acids is 1. The molecule has 4 nitrogen and oxygen atoms in total. The number of amides is 1. The van der Waals surface area contributed by atoms with E-state index in [0.717, 1.165) is 38.0 Å². The standard InChI is InChI=1S/C19H21Cl2N3O/c20-17-5-4-13(10-18(17)21)12-24-8-6-16(7-9-24)23-19(25)14-2-1-3-15(22)11-14/h1-5,10-11,16H,6-9,12,22H2,(H,23,25). The van der Waals surface area contributed by atoms with E-state index in [-0.39, 0.29) is 11.9 Å². The van der Waals surface area contributed by atoms with Crippen LogP contribution in [0.3, 0.4) is 0 Å². The topological polar surface area (TPSA) is 58.4 Å². The van der Waals surface area contributed by atoms with Crippen molar-refractivity contribution in [2.75, 3.05) is 18.8 Å². The average molecular weight is 378 g/mol. The molecule has 2 aromatic rings. The third-order valence-corrected chi connectivity index (χ3v) is 5.20. The van der Waals surface area contributed by atoms with Crippen LogP contribution in [-0.4, -0.2) is 29.9 Å². The largest absolute Gasteiger partial charge is 0.399 e. The van der Waals surface area contributed by atoms with E-state index in [1.807, 2.05) is 18.2 Å². The third-order valence-electron chi connectivity index (χ3n) is 4.46. The normalized spacial score (nSPS) is 15.9. The van der Waals surface area contributed by atoms with Crippen LogP contribution in [0.25, 0.3) is 0 Å². The number of carbonyl (C=O) groups is 1. The van der Waals surface area contributed by atoms with E-state index >= 15 is 0 Å². The molecule has 0 aliphatic carbocycles. The molecule has 1 saturated heterocycles. The Kier molecular flexibility index (Phi) is 5.84. The van der Waals surface area contributed by atoms with Crippen LogP contribution in [0.5, 0.6) is 0 Å². The van der Waals surface area contributed by atoms with Gasteiger partial charge in [0.25, 0.3) is 5.91 Å². The van der Waals surface area contributed by atoms with Gasteiger partial charge in [0.1, 0.15) is 0 Å². The summed E-state index contributed by atoms with van der Waals surface area (Å²) in [5, 5.41) is 4.27. The number of halogens is 2. The van der Waals surface area contributed by atoms with Gasteiger partial charge in [0.05, 0.1) is 10.0 Å². The number of nitrogens with two attached hydrogens (primary N) is 1. The van der Waals surface area contributed by atoms with Crippen LogP contribution in [0.2, 0.25) is 10.0 Å². The number of hydrogen-bond acceptors (Lipinski definition) is 3. The van der Waals surface area contributed by atoms with E-state index in [4.69, 9.17) is 28.9 Å². The van der Waals surface area contributed by atoms with E-state index in [1.165, 1.54) is 0 Å². The molecule has 1 amide bonds. The van der Waals surface area contributed by atoms with Crippen molar-refractivity contribution in [2.45, 2.75) is 25.4 Å². The molecule has 0 unspecified atom stereocenters. The van der Waals surface area contributed by atoms with Gasteiger partial charge in [-0.15, -0.1) is 0 Å². The van der Waals surface area contributed by atoms with Crippen molar-refractivity contribution in [2.24, 2.45) is 0 Å². The lowest BCUT2D eigenvalue weighted by Crippen LogP contribution is -2.44. The summed E-state index contributed by atoms with van der Waals surface area (Å²) in [4.78, 5) is 14.7. The van der Waals surface area contributed by atoms with Gasteiger partial charge in [-0.1, -0.05) is 35.3 Å². The highest BCUT2D eigenvalue weighted by molar-refractivity contribution is 6.42. The number of anilines is 1. The maximum Gasteiger partial charge on any atom is 0.251 e. The van der Waals surface area contributed by atoms with Crippen molar-refractivity contribution >= 4 is 34.8 Å². The highest BCUT2D eigenvalue weighted by atomic mass is 35.5. The van der Waals surface area contributed by atoms with E-state index in [9.17, 15) is 4.79 Å². The zero-order chi connectivity index (χ0) is 17.8. The van der Waals surface area contributed by atoms with Crippen LogP contribution in [0, 0.1) is 0 Å². The molecule has 25 heavy (non-hydrogen) atoms. The third kappa shape index (κ3) is 4.88. The summed E-state index contributed by atoms with van der Waals surface area (Å²) in [6.45, 7) is 2.71. The maximum atomic E-state index is 12.3. The minimum absolute atomic E-state index is 0.0600. The smallest absolute Gasteiger partial charge is 0.251 e. The van der Waals surface area contributed by atoms with Gasteiger partial charge in [-0.05, 0) is 48.7 Å². The van der Waals surface area contributed by atoms with Crippen molar-refractivity contribution in [3.63, 3.8) is 0 Å². The first-order chi connectivity index (χ1) is 12.0. The average Bonchev–Trinajstić information content (AvgIpc) is 2.60. The quantitative estimate of drug-likeness (QED) is 0.792. The van der Waals surface area contributed by atoms with Crippen molar-refractivity contribution in [1.82, 2.24) is 10.2 Å². The van der Waals surface area contributed by atoms with E-state index in [0.29, 0.717) is 21.3 Å². The van der Waals surface area contributed by atoms with E-state index in [1.54, 1.807) is 24.3 Å². The molecule has 1 aliphatic rings. The Bertz CT molecular complexity index is 758. The summed E-state index contributed by atoms with van der Waals surface area (Å²) in [7, 11) is 0. The Labute approximate surface area is 157 Å². The van der Waals surface area contributed by atoms with Gasteiger partial charge in [-0.25, -0.2) is 0 Å². The molecule has 0 spiro atoms. The lowest BCUT2D eigenvalue weighted by molar-refractivity contribution is 0.0909. The van der Waals surface area contributed by atoms with Gasteiger partial charge in [0.15, 0.2) is 0 Å².